The molecule has 2 fully saturated rings. The van der Waals surface area contributed by atoms with E-state index in [1.165, 1.54) is 31.2 Å². The largest absolute Gasteiger partial charge is 0.493 e. The van der Waals surface area contributed by atoms with Crippen LogP contribution in [0.2, 0.25) is 0 Å². The Morgan fingerprint density at radius 2 is 2.20 bits per heavy atom. The summed E-state index contributed by atoms with van der Waals surface area (Å²) in [7, 11) is 0. The van der Waals surface area contributed by atoms with E-state index in [0.29, 0.717) is 6.10 Å². The highest BCUT2D eigenvalue weighted by molar-refractivity contribution is 9.10. The van der Waals surface area contributed by atoms with Crippen LogP contribution in [0.15, 0.2) is 22.7 Å². The number of ether oxygens (including phenoxy) is 2. The molecule has 1 aliphatic carbocycles. The Morgan fingerprint density at radius 1 is 1.30 bits per heavy atom. The standard InChI is InChI=1S/C16H22BrNO2/c17-16-6-5-15(10-12(16)11-18-13-3-4-13)20-9-7-14-2-1-8-19-14/h5-6,10,13-14,18H,1-4,7-9,11H2. The molecule has 1 aliphatic heterocycles. The highest BCUT2D eigenvalue weighted by Gasteiger charge is 2.20. The summed E-state index contributed by atoms with van der Waals surface area (Å²) in [6, 6.07) is 6.96. The fraction of sp³-hybridized carbons (Fsp3) is 0.625. The summed E-state index contributed by atoms with van der Waals surface area (Å²) >= 11 is 3.61. The van der Waals surface area contributed by atoms with Crippen LogP contribution in [0.1, 0.15) is 37.7 Å². The molecule has 1 saturated heterocycles. The normalized spacial score (nSPS) is 22.1. The summed E-state index contributed by atoms with van der Waals surface area (Å²) in [4.78, 5) is 0. The molecule has 1 atom stereocenters. The van der Waals surface area contributed by atoms with E-state index in [-0.39, 0.29) is 0 Å². The Balaban J connectivity index is 1.48. The zero-order valence-corrected chi connectivity index (χ0v) is 13.3. The molecule has 4 heteroatoms. The lowest BCUT2D eigenvalue weighted by Crippen LogP contribution is -2.15. The zero-order chi connectivity index (χ0) is 13.8. The van der Waals surface area contributed by atoms with Gasteiger partial charge in [0.25, 0.3) is 0 Å². The Bertz CT molecular complexity index is 442. The number of benzene rings is 1. The fourth-order valence-electron chi connectivity index (χ4n) is 2.50. The summed E-state index contributed by atoms with van der Waals surface area (Å²) in [5, 5.41) is 3.54. The van der Waals surface area contributed by atoms with Gasteiger partial charge in [-0.2, -0.15) is 0 Å². The van der Waals surface area contributed by atoms with Crippen LogP contribution in [0.25, 0.3) is 0 Å². The molecule has 2 aliphatic rings. The van der Waals surface area contributed by atoms with E-state index < -0.39 is 0 Å². The lowest BCUT2D eigenvalue weighted by atomic mass is 10.2. The number of nitrogens with one attached hydrogen (secondary N) is 1. The highest BCUT2D eigenvalue weighted by Crippen LogP contribution is 2.25. The highest BCUT2D eigenvalue weighted by atomic mass is 79.9. The molecule has 1 heterocycles. The van der Waals surface area contributed by atoms with Crippen molar-refractivity contribution < 1.29 is 9.47 Å². The first kappa shape index (κ1) is 14.4. The van der Waals surface area contributed by atoms with Crippen LogP contribution in [0, 0.1) is 0 Å². The molecule has 110 valence electrons. The summed E-state index contributed by atoms with van der Waals surface area (Å²) in [5.74, 6) is 0.957. The van der Waals surface area contributed by atoms with Crippen molar-refractivity contribution in [1.29, 1.82) is 0 Å². The Kier molecular flexibility index (Phi) is 4.97. The van der Waals surface area contributed by atoms with Crippen LogP contribution in [0.4, 0.5) is 0 Å². The third-order valence-electron chi connectivity index (χ3n) is 3.91. The number of hydrogen-bond acceptors (Lipinski definition) is 3. The summed E-state index contributed by atoms with van der Waals surface area (Å²) in [5.41, 5.74) is 1.27. The minimum absolute atomic E-state index is 0.404. The van der Waals surface area contributed by atoms with Gasteiger partial charge < -0.3 is 14.8 Å². The molecule has 0 bridgehead atoms. The third-order valence-corrected chi connectivity index (χ3v) is 4.68. The zero-order valence-electron chi connectivity index (χ0n) is 11.7. The molecule has 0 spiro atoms. The molecule has 1 aromatic rings. The summed E-state index contributed by atoms with van der Waals surface area (Å²) < 4.78 is 12.6. The topological polar surface area (TPSA) is 30.5 Å². The van der Waals surface area contributed by atoms with Crippen molar-refractivity contribution in [3.8, 4) is 5.75 Å². The first-order valence-corrected chi connectivity index (χ1v) is 8.37. The predicted octanol–water partition coefficient (Wildman–Crippen LogP) is 3.65. The third kappa shape index (κ3) is 4.21. The van der Waals surface area contributed by atoms with Crippen LogP contribution in [-0.4, -0.2) is 25.4 Å². The van der Waals surface area contributed by atoms with E-state index in [9.17, 15) is 0 Å². The van der Waals surface area contributed by atoms with Crippen LogP contribution in [-0.2, 0) is 11.3 Å². The second kappa shape index (κ2) is 6.92. The van der Waals surface area contributed by atoms with Gasteiger partial charge in [0, 0.05) is 30.1 Å². The Morgan fingerprint density at radius 3 is 2.95 bits per heavy atom. The van der Waals surface area contributed by atoms with Crippen molar-refractivity contribution in [1.82, 2.24) is 5.32 Å². The van der Waals surface area contributed by atoms with Gasteiger partial charge in [0.05, 0.1) is 12.7 Å². The number of halogens is 1. The van der Waals surface area contributed by atoms with E-state index in [1.807, 2.05) is 6.07 Å². The summed E-state index contributed by atoms with van der Waals surface area (Å²) in [6.07, 6.45) is 6.40. The quantitative estimate of drug-likeness (QED) is 0.822. The van der Waals surface area contributed by atoms with Crippen molar-refractivity contribution >= 4 is 15.9 Å². The van der Waals surface area contributed by atoms with E-state index in [4.69, 9.17) is 9.47 Å². The summed E-state index contributed by atoms with van der Waals surface area (Å²) in [6.45, 7) is 2.57. The molecule has 1 saturated carbocycles. The Hall–Kier alpha value is -0.580. The van der Waals surface area contributed by atoms with E-state index >= 15 is 0 Å². The second-order valence-corrected chi connectivity index (χ2v) is 6.53. The maximum absolute atomic E-state index is 5.86. The molecule has 1 aromatic carbocycles. The van der Waals surface area contributed by atoms with Crippen LogP contribution in [0.5, 0.6) is 5.75 Å². The lowest BCUT2D eigenvalue weighted by Gasteiger charge is -2.12. The smallest absolute Gasteiger partial charge is 0.119 e. The minimum Gasteiger partial charge on any atom is -0.493 e. The van der Waals surface area contributed by atoms with E-state index in [2.05, 4.69) is 33.4 Å². The maximum Gasteiger partial charge on any atom is 0.119 e. The fourth-order valence-corrected chi connectivity index (χ4v) is 2.89. The van der Waals surface area contributed by atoms with Crippen molar-refractivity contribution in [3.63, 3.8) is 0 Å². The van der Waals surface area contributed by atoms with Gasteiger partial charge in [0.2, 0.25) is 0 Å². The molecule has 0 aromatic heterocycles. The molecule has 1 N–H and O–H groups in total. The Labute approximate surface area is 129 Å². The molecule has 0 radical (unpaired) electrons. The molecule has 20 heavy (non-hydrogen) atoms. The average Bonchev–Trinajstić information content (AvgIpc) is 3.14. The first-order chi connectivity index (χ1) is 9.81. The number of hydrogen-bond donors (Lipinski definition) is 1. The van der Waals surface area contributed by atoms with Crippen LogP contribution >= 0.6 is 15.9 Å². The van der Waals surface area contributed by atoms with Gasteiger partial charge >= 0.3 is 0 Å². The van der Waals surface area contributed by atoms with Gasteiger partial charge in [-0.15, -0.1) is 0 Å². The molecule has 0 amide bonds. The molecule has 3 nitrogen and oxygen atoms in total. The molecule has 3 rings (SSSR count). The molecule has 1 unspecified atom stereocenters. The second-order valence-electron chi connectivity index (χ2n) is 5.68. The molecular formula is C16H22BrNO2. The van der Waals surface area contributed by atoms with Gasteiger partial charge in [0.1, 0.15) is 5.75 Å². The average molecular weight is 340 g/mol. The van der Waals surface area contributed by atoms with Crippen LogP contribution in [0.3, 0.4) is 0 Å². The molecular weight excluding hydrogens is 318 g/mol. The van der Waals surface area contributed by atoms with Gasteiger partial charge in [-0.3, -0.25) is 0 Å². The van der Waals surface area contributed by atoms with Crippen molar-refractivity contribution in [3.05, 3.63) is 28.2 Å². The minimum atomic E-state index is 0.404. The van der Waals surface area contributed by atoms with Crippen molar-refractivity contribution in [2.45, 2.75) is 50.8 Å². The van der Waals surface area contributed by atoms with Gasteiger partial charge in [-0.1, -0.05) is 15.9 Å². The van der Waals surface area contributed by atoms with Crippen molar-refractivity contribution in [2.24, 2.45) is 0 Å². The lowest BCUT2D eigenvalue weighted by molar-refractivity contribution is 0.0903. The monoisotopic (exact) mass is 339 g/mol. The van der Waals surface area contributed by atoms with Gasteiger partial charge in [0.15, 0.2) is 0 Å². The van der Waals surface area contributed by atoms with Crippen LogP contribution < -0.4 is 10.1 Å². The van der Waals surface area contributed by atoms with Crippen molar-refractivity contribution in [2.75, 3.05) is 13.2 Å². The van der Waals surface area contributed by atoms with E-state index in [1.54, 1.807) is 0 Å². The van der Waals surface area contributed by atoms with Gasteiger partial charge in [-0.05, 0) is 49.4 Å². The SMILES string of the molecule is Brc1ccc(OCCC2CCCO2)cc1CNC1CC1. The van der Waals surface area contributed by atoms with E-state index in [0.717, 1.165) is 42.4 Å². The number of rotatable bonds is 7. The van der Waals surface area contributed by atoms with Gasteiger partial charge in [-0.25, -0.2) is 0 Å². The first-order valence-electron chi connectivity index (χ1n) is 7.57. The predicted molar refractivity (Wildman–Crippen MR) is 83.1 cm³/mol. The maximum atomic E-state index is 5.86.